The average Bonchev–Trinajstić information content (AvgIpc) is 3.24. The van der Waals surface area contributed by atoms with Gasteiger partial charge in [0.2, 0.25) is 0 Å². The van der Waals surface area contributed by atoms with E-state index in [-0.39, 0.29) is 17.2 Å². The van der Waals surface area contributed by atoms with Gasteiger partial charge in [0.1, 0.15) is 0 Å². The van der Waals surface area contributed by atoms with Crippen LogP contribution in [0.5, 0.6) is 0 Å². The Morgan fingerprint density at radius 2 is 1.71 bits per heavy atom. The monoisotopic (exact) mass is 389 g/mol. The van der Waals surface area contributed by atoms with E-state index < -0.39 is 0 Å². The third-order valence-electron chi connectivity index (χ3n) is 4.50. The number of thiophene rings is 1. The molecule has 2 aromatic carbocycles. The van der Waals surface area contributed by atoms with E-state index in [1.54, 1.807) is 29.5 Å². The number of amides is 1. The molecule has 0 aliphatic rings. The van der Waals surface area contributed by atoms with Crippen molar-refractivity contribution in [2.24, 2.45) is 0 Å². The van der Waals surface area contributed by atoms with Gasteiger partial charge in [-0.05, 0) is 29.5 Å². The molecule has 1 N–H and O–H groups in total. The van der Waals surface area contributed by atoms with Gasteiger partial charge >= 0.3 is 0 Å². The second kappa shape index (κ2) is 8.19. The lowest BCUT2D eigenvalue weighted by Crippen LogP contribution is -2.31. The summed E-state index contributed by atoms with van der Waals surface area (Å²) in [6.07, 6.45) is 0.769. The highest BCUT2D eigenvalue weighted by Crippen LogP contribution is 2.14. The predicted molar refractivity (Wildman–Crippen MR) is 112 cm³/mol. The summed E-state index contributed by atoms with van der Waals surface area (Å²) in [5, 5.41) is 10.4. The van der Waals surface area contributed by atoms with Crippen molar-refractivity contribution in [3.63, 3.8) is 0 Å². The zero-order valence-corrected chi connectivity index (χ0v) is 16.0. The number of carbonyl (C=O) groups excluding carboxylic acids is 1. The predicted octanol–water partition coefficient (Wildman–Crippen LogP) is 3.48. The molecule has 4 aromatic rings. The average molecular weight is 389 g/mol. The molecule has 0 fully saturated rings. The van der Waals surface area contributed by atoms with Crippen LogP contribution in [0.4, 0.5) is 0 Å². The molecule has 28 heavy (non-hydrogen) atoms. The van der Waals surface area contributed by atoms with E-state index in [1.807, 2.05) is 53.9 Å². The van der Waals surface area contributed by atoms with Crippen molar-refractivity contribution < 1.29 is 4.79 Å². The van der Waals surface area contributed by atoms with E-state index in [4.69, 9.17) is 0 Å². The fourth-order valence-corrected chi connectivity index (χ4v) is 3.81. The van der Waals surface area contributed by atoms with Crippen molar-refractivity contribution in [3.05, 3.63) is 98.6 Å². The van der Waals surface area contributed by atoms with Crippen molar-refractivity contribution in [2.75, 3.05) is 6.54 Å². The van der Waals surface area contributed by atoms with Crippen LogP contribution in [0.15, 0.2) is 76.9 Å². The minimum absolute atomic E-state index is 0.199. The summed E-state index contributed by atoms with van der Waals surface area (Å²) in [7, 11) is 0. The number of hydrogen-bond acceptors (Lipinski definition) is 4. The van der Waals surface area contributed by atoms with Gasteiger partial charge in [0, 0.05) is 16.8 Å². The summed E-state index contributed by atoms with van der Waals surface area (Å²) >= 11 is 1.67. The Bertz CT molecular complexity index is 1150. The summed E-state index contributed by atoms with van der Waals surface area (Å²) < 4.78 is 1.37. The number of nitrogens with one attached hydrogen (secondary N) is 1. The van der Waals surface area contributed by atoms with Crippen molar-refractivity contribution in [3.8, 4) is 0 Å². The molecule has 0 saturated heterocycles. The molecule has 2 aromatic heterocycles. The summed E-state index contributed by atoms with van der Waals surface area (Å²) in [6, 6.07) is 20.8. The number of aromatic nitrogens is 2. The first-order valence-electron chi connectivity index (χ1n) is 9.07. The molecule has 0 atom stereocenters. The van der Waals surface area contributed by atoms with E-state index in [2.05, 4.69) is 10.4 Å². The number of benzene rings is 2. The minimum Gasteiger partial charge on any atom is -0.350 e. The first-order chi connectivity index (χ1) is 13.7. The summed E-state index contributed by atoms with van der Waals surface area (Å²) in [4.78, 5) is 26.9. The number of hydrogen-bond donors (Lipinski definition) is 1. The molecule has 0 spiro atoms. The van der Waals surface area contributed by atoms with Gasteiger partial charge in [0.15, 0.2) is 5.69 Å². The van der Waals surface area contributed by atoms with Gasteiger partial charge in [-0.2, -0.15) is 5.10 Å². The Labute approximate surface area is 166 Å². The number of carbonyl (C=O) groups is 1. The molecule has 6 heteroatoms. The molecule has 1 amide bonds. The maximum absolute atomic E-state index is 12.8. The number of rotatable bonds is 6. The van der Waals surface area contributed by atoms with Crippen molar-refractivity contribution in [1.82, 2.24) is 15.1 Å². The van der Waals surface area contributed by atoms with E-state index in [9.17, 15) is 9.59 Å². The lowest BCUT2D eigenvalue weighted by Gasteiger charge is -2.11. The van der Waals surface area contributed by atoms with E-state index in [0.717, 1.165) is 12.0 Å². The third kappa shape index (κ3) is 3.87. The van der Waals surface area contributed by atoms with Crippen molar-refractivity contribution in [2.45, 2.75) is 13.0 Å². The van der Waals surface area contributed by atoms with Crippen molar-refractivity contribution >= 4 is 28.0 Å². The van der Waals surface area contributed by atoms with Gasteiger partial charge in [-0.25, -0.2) is 4.68 Å². The first-order valence-corrected chi connectivity index (χ1v) is 9.95. The molecule has 140 valence electrons. The van der Waals surface area contributed by atoms with E-state index in [0.29, 0.717) is 23.9 Å². The number of fused-ring (bicyclic) bond motifs is 1. The summed E-state index contributed by atoms with van der Waals surface area (Å²) in [5.41, 5.74) is 1.03. The van der Waals surface area contributed by atoms with Crippen LogP contribution in [0, 0.1) is 0 Å². The largest absolute Gasteiger partial charge is 0.350 e. The first kappa shape index (κ1) is 18.1. The zero-order valence-electron chi connectivity index (χ0n) is 15.2. The molecule has 0 unspecified atom stereocenters. The van der Waals surface area contributed by atoms with Crippen LogP contribution in [0.1, 0.15) is 20.9 Å². The van der Waals surface area contributed by atoms with Crippen LogP contribution < -0.4 is 10.9 Å². The van der Waals surface area contributed by atoms with Crippen LogP contribution in [0.25, 0.3) is 10.8 Å². The highest BCUT2D eigenvalue weighted by Gasteiger charge is 2.16. The quantitative estimate of drug-likeness (QED) is 0.549. The number of nitrogens with zero attached hydrogens (tertiary/aromatic N) is 2. The molecule has 0 radical (unpaired) electrons. The highest BCUT2D eigenvalue weighted by atomic mass is 32.1. The Morgan fingerprint density at radius 1 is 0.964 bits per heavy atom. The molecule has 0 aliphatic carbocycles. The molecule has 5 nitrogen and oxygen atoms in total. The smallest absolute Gasteiger partial charge is 0.274 e. The summed E-state index contributed by atoms with van der Waals surface area (Å²) in [6.45, 7) is 0.840. The maximum atomic E-state index is 12.8. The van der Waals surface area contributed by atoms with Crippen molar-refractivity contribution in [1.29, 1.82) is 0 Å². The molecular formula is C22H19N3O2S. The Morgan fingerprint density at radius 3 is 2.46 bits per heavy atom. The second-order valence-electron chi connectivity index (χ2n) is 6.43. The third-order valence-corrected chi connectivity index (χ3v) is 5.43. The van der Waals surface area contributed by atoms with Crippen LogP contribution in [-0.4, -0.2) is 22.2 Å². The molecular weight excluding hydrogens is 370 g/mol. The Balaban J connectivity index is 1.65. The van der Waals surface area contributed by atoms with Crippen LogP contribution in [-0.2, 0) is 13.0 Å². The van der Waals surface area contributed by atoms with E-state index >= 15 is 0 Å². The minimum atomic E-state index is -0.269. The highest BCUT2D eigenvalue weighted by molar-refractivity contribution is 7.09. The SMILES string of the molecule is O=C(NCCc1cccs1)c1nn(Cc2ccccc2)c(=O)c2ccccc12. The second-order valence-corrected chi connectivity index (χ2v) is 7.46. The lowest BCUT2D eigenvalue weighted by molar-refractivity contribution is 0.0949. The fraction of sp³-hybridized carbons (Fsp3) is 0.136. The van der Waals surface area contributed by atoms with Gasteiger partial charge in [-0.1, -0.05) is 54.6 Å². The van der Waals surface area contributed by atoms with Gasteiger partial charge in [0.05, 0.1) is 11.9 Å². The topological polar surface area (TPSA) is 64.0 Å². The molecule has 0 bridgehead atoms. The van der Waals surface area contributed by atoms with Crippen LogP contribution in [0.2, 0.25) is 0 Å². The lowest BCUT2D eigenvalue weighted by atomic mass is 10.1. The standard InChI is InChI=1S/C22H19N3O2S/c26-21(23-13-12-17-9-6-14-28-17)20-18-10-4-5-11-19(18)22(27)25(24-20)15-16-7-2-1-3-8-16/h1-11,14H,12-13,15H2,(H,23,26). The van der Waals surface area contributed by atoms with Gasteiger partial charge in [-0.3, -0.25) is 9.59 Å². The zero-order chi connectivity index (χ0) is 19.3. The molecule has 2 heterocycles. The fourth-order valence-electron chi connectivity index (χ4n) is 3.10. The summed E-state index contributed by atoms with van der Waals surface area (Å²) in [5.74, 6) is -0.269. The maximum Gasteiger partial charge on any atom is 0.274 e. The van der Waals surface area contributed by atoms with Crippen LogP contribution >= 0.6 is 11.3 Å². The molecule has 0 saturated carbocycles. The molecule has 4 rings (SSSR count). The normalized spacial score (nSPS) is 10.9. The Hall–Kier alpha value is -3.25. The van der Waals surface area contributed by atoms with Gasteiger partial charge in [-0.15, -0.1) is 11.3 Å². The van der Waals surface area contributed by atoms with Gasteiger partial charge in [0.25, 0.3) is 11.5 Å². The van der Waals surface area contributed by atoms with Crippen LogP contribution in [0.3, 0.4) is 0 Å². The molecule has 0 aliphatic heterocycles. The van der Waals surface area contributed by atoms with E-state index in [1.165, 1.54) is 9.56 Å². The van der Waals surface area contributed by atoms with Gasteiger partial charge < -0.3 is 5.32 Å². The Kier molecular flexibility index (Phi) is 5.30.